The Hall–Kier alpha value is -3.48. The number of carbonyl (C=O) groups is 2. The van der Waals surface area contributed by atoms with Gasteiger partial charge in [-0.3, -0.25) is 9.59 Å². The lowest BCUT2D eigenvalue weighted by Crippen LogP contribution is -2.55. The van der Waals surface area contributed by atoms with Crippen molar-refractivity contribution < 1.29 is 14.3 Å². The van der Waals surface area contributed by atoms with E-state index in [1.165, 1.54) is 58.4 Å². The minimum absolute atomic E-state index is 0.0911. The molecule has 48 heavy (non-hydrogen) atoms. The average molecular weight is 662 g/mol. The van der Waals surface area contributed by atoms with E-state index >= 15 is 0 Å². The third-order valence-corrected chi connectivity index (χ3v) is 10.7. The molecule has 1 unspecified atom stereocenters. The summed E-state index contributed by atoms with van der Waals surface area (Å²) in [5.41, 5.74) is 1.95. The maximum atomic E-state index is 13.2. The van der Waals surface area contributed by atoms with Crippen molar-refractivity contribution in [2.24, 2.45) is 5.92 Å². The summed E-state index contributed by atoms with van der Waals surface area (Å²) in [6.07, 6.45) is 11.5. The molecule has 4 heterocycles. The second kappa shape index (κ2) is 16.3. The molecule has 3 aliphatic heterocycles. The molecule has 262 valence electrons. The molecule has 0 bridgehead atoms. The fourth-order valence-corrected chi connectivity index (χ4v) is 7.89. The van der Waals surface area contributed by atoms with Gasteiger partial charge in [0.2, 0.25) is 11.9 Å². The van der Waals surface area contributed by atoms with Gasteiger partial charge in [-0.2, -0.15) is 4.98 Å². The summed E-state index contributed by atoms with van der Waals surface area (Å²) in [4.78, 5) is 44.9. The van der Waals surface area contributed by atoms with Gasteiger partial charge in [0.05, 0.1) is 19.0 Å². The van der Waals surface area contributed by atoms with Crippen molar-refractivity contribution in [1.29, 1.82) is 0 Å². The number of aromatic nitrogens is 2. The van der Waals surface area contributed by atoms with Gasteiger partial charge >= 0.3 is 0 Å². The lowest BCUT2D eigenvalue weighted by molar-refractivity contribution is -0.120. The van der Waals surface area contributed by atoms with Gasteiger partial charge in [0.1, 0.15) is 17.5 Å². The smallest absolute Gasteiger partial charge is 0.251 e. The van der Waals surface area contributed by atoms with Crippen LogP contribution in [0.2, 0.25) is 0 Å². The molecule has 4 aliphatic rings. The number of carbonyl (C=O) groups excluding carboxylic acids is 2. The van der Waals surface area contributed by atoms with E-state index in [4.69, 9.17) is 9.72 Å². The molecule has 12 heteroatoms. The van der Waals surface area contributed by atoms with Gasteiger partial charge < -0.3 is 40.3 Å². The zero-order valence-corrected chi connectivity index (χ0v) is 29.2. The summed E-state index contributed by atoms with van der Waals surface area (Å²) in [7, 11) is 3.40. The Morgan fingerprint density at radius 2 is 1.79 bits per heavy atom. The van der Waals surface area contributed by atoms with Crippen molar-refractivity contribution >= 4 is 35.0 Å². The number of hydrogen-bond donors (Lipinski definition) is 3. The molecule has 0 spiro atoms. The lowest BCUT2D eigenvalue weighted by Gasteiger charge is -2.43. The van der Waals surface area contributed by atoms with E-state index in [9.17, 15) is 9.59 Å². The Balaban J connectivity index is 0.990. The number of rotatable bonds is 13. The van der Waals surface area contributed by atoms with Crippen LogP contribution in [0.15, 0.2) is 24.4 Å². The summed E-state index contributed by atoms with van der Waals surface area (Å²) in [5, 5.41) is 9.86. The second-order valence-corrected chi connectivity index (χ2v) is 13.9. The quantitative estimate of drug-likeness (QED) is 0.273. The summed E-state index contributed by atoms with van der Waals surface area (Å²) in [5.74, 6) is 2.59. The number of piperidine rings is 1. The minimum atomic E-state index is -0.231. The normalized spacial score (nSPS) is 21.4. The molecular weight excluding hydrogens is 606 g/mol. The molecule has 0 radical (unpaired) electrons. The number of ether oxygens (including phenoxy) is 1. The van der Waals surface area contributed by atoms with Crippen LogP contribution in [0.3, 0.4) is 0 Å². The van der Waals surface area contributed by atoms with E-state index in [1.54, 1.807) is 37.4 Å². The predicted octanol–water partition coefficient (Wildman–Crippen LogP) is 3.86. The molecule has 1 aliphatic carbocycles. The highest BCUT2D eigenvalue weighted by atomic mass is 16.5. The van der Waals surface area contributed by atoms with E-state index in [2.05, 4.69) is 42.6 Å². The van der Waals surface area contributed by atoms with Gasteiger partial charge in [0.25, 0.3) is 5.91 Å². The Kier molecular flexibility index (Phi) is 11.7. The second-order valence-electron chi connectivity index (χ2n) is 13.9. The van der Waals surface area contributed by atoms with Crippen LogP contribution in [0.4, 0.5) is 23.1 Å². The van der Waals surface area contributed by atoms with Gasteiger partial charge in [-0.1, -0.05) is 19.8 Å². The van der Waals surface area contributed by atoms with Crippen molar-refractivity contribution in [3.8, 4) is 5.75 Å². The first-order valence-corrected chi connectivity index (χ1v) is 18.3. The van der Waals surface area contributed by atoms with E-state index < -0.39 is 0 Å². The Morgan fingerprint density at radius 1 is 1.04 bits per heavy atom. The minimum Gasteiger partial charge on any atom is -0.495 e. The van der Waals surface area contributed by atoms with Gasteiger partial charge in [0.15, 0.2) is 5.82 Å². The molecular formula is C36H55N9O3. The van der Waals surface area contributed by atoms with Gasteiger partial charge in [-0.15, -0.1) is 0 Å². The maximum Gasteiger partial charge on any atom is 0.251 e. The highest BCUT2D eigenvalue weighted by Crippen LogP contribution is 2.40. The topological polar surface area (TPSA) is 118 Å². The zero-order chi connectivity index (χ0) is 33.5. The highest BCUT2D eigenvalue weighted by molar-refractivity contribution is 6.04. The van der Waals surface area contributed by atoms with E-state index in [0.29, 0.717) is 35.5 Å². The molecule has 1 saturated carbocycles. The molecule has 2 saturated heterocycles. The van der Waals surface area contributed by atoms with Crippen LogP contribution in [-0.2, 0) is 4.79 Å². The predicted molar refractivity (Wildman–Crippen MR) is 191 cm³/mol. The molecule has 12 nitrogen and oxygen atoms in total. The van der Waals surface area contributed by atoms with Crippen LogP contribution >= 0.6 is 0 Å². The zero-order valence-electron chi connectivity index (χ0n) is 29.2. The number of fused-ring (bicyclic) bond motifs is 1. The molecule has 1 aromatic carbocycles. The first-order valence-electron chi connectivity index (χ1n) is 18.3. The number of piperazine rings is 1. The van der Waals surface area contributed by atoms with Crippen molar-refractivity contribution in [1.82, 2.24) is 30.4 Å². The molecule has 2 aromatic rings. The molecule has 3 N–H and O–H groups in total. The van der Waals surface area contributed by atoms with Crippen LogP contribution in [0.5, 0.6) is 5.75 Å². The van der Waals surface area contributed by atoms with E-state index in [1.807, 2.05) is 6.07 Å². The fraction of sp³-hybridized carbons (Fsp3) is 0.667. The summed E-state index contributed by atoms with van der Waals surface area (Å²) >= 11 is 0. The van der Waals surface area contributed by atoms with Gasteiger partial charge in [0, 0.05) is 57.9 Å². The van der Waals surface area contributed by atoms with Crippen LogP contribution in [0.25, 0.3) is 0 Å². The van der Waals surface area contributed by atoms with Crippen LogP contribution in [-0.4, -0.2) is 117 Å². The number of nitrogens with one attached hydrogen (secondary N) is 3. The number of benzene rings is 1. The van der Waals surface area contributed by atoms with Crippen LogP contribution in [0, 0.1) is 5.92 Å². The molecule has 1 atom stereocenters. The lowest BCUT2D eigenvalue weighted by atomic mass is 9.97. The first kappa shape index (κ1) is 34.4. The number of unbranched alkanes of at least 4 members (excludes halogenated alkanes) is 1. The highest BCUT2D eigenvalue weighted by Gasteiger charge is 2.41. The summed E-state index contributed by atoms with van der Waals surface area (Å²) in [6, 6.07) is 5.45. The van der Waals surface area contributed by atoms with Crippen LogP contribution in [0.1, 0.15) is 75.1 Å². The molecule has 6 rings (SSSR count). The molecule has 3 fully saturated rings. The fourth-order valence-electron chi connectivity index (χ4n) is 7.89. The monoisotopic (exact) mass is 661 g/mol. The summed E-state index contributed by atoms with van der Waals surface area (Å²) in [6.45, 7) is 12.0. The van der Waals surface area contributed by atoms with Crippen molar-refractivity contribution in [2.45, 2.75) is 76.8 Å². The Morgan fingerprint density at radius 3 is 2.52 bits per heavy atom. The number of anilines is 4. The number of likely N-dealkylation sites (N-methyl/N-ethyl adjacent to an activating group) is 1. The van der Waals surface area contributed by atoms with Crippen molar-refractivity contribution in [3.63, 3.8) is 0 Å². The van der Waals surface area contributed by atoms with Gasteiger partial charge in [-0.05, 0) is 88.7 Å². The van der Waals surface area contributed by atoms with E-state index in [0.717, 1.165) is 69.2 Å². The maximum absolute atomic E-state index is 13.2. The molecule has 2 amide bonds. The van der Waals surface area contributed by atoms with Crippen LogP contribution < -0.4 is 30.5 Å². The van der Waals surface area contributed by atoms with Crippen molar-refractivity contribution in [2.75, 3.05) is 88.2 Å². The standard InChI is InChI=1S/C36H55N9O3/c1-4-30-35(47)42(2)31-24-39-36(41-33(31)45(30)28-9-5-6-10-28)40-29-12-11-27(23-32(29)48-3)34(46)38-15-7-8-18-43-19-21-44(22-20-43)25-26-13-16-37-17-14-26/h11-12,23-24,26,28,30,37H,4-10,13-22,25H2,1-3H3,(H,38,46)(H,39,40,41). The third kappa shape index (κ3) is 8.03. The van der Waals surface area contributed by atoms with Crippen molar-refractivity contribution in [3.05, 3.63) is 30.0 Å². The van der Waals surface area contributed by atoms with E-state index in [-0.39, 0.29) is 17.9 Å². The number of hydrogen-bond acceptors (Lipinski definition) is 10. The Bertz CT molecular complexity index is 1390. The third-order valence-electron chi connectivity index (χ3n) is 10.7. The van der Waals surface area contributed by atoms with Gasteiger partial charge in [-0.25, -0.2) is 4.98 Å². The number of nitrogens with zero attached hydrogens (tertiary/aromatic N) is 6. The first-order chi connectivity index (χ1) is 23.4. The SMILES string of the molecule is CCC1C(=O)N(C)c2cnc(Nc3ccc(C(=O)NCCCCN4CCN(CC5CCNCC5)CC4)cc3OC)nc2N1C1CCCC1. The largest absolute Gasteiger partial charge is 0.495 e. The molecule has 1 aromatic heterocycles. The Labute approximate surface area is 286 Å². The average Bonchev–Trinajstić information content (AvgIpc) is 3.65. The summed E-state index contributed by atoms with van der Waals surface area (Å²) < 4.78 is 5.68. The number of amides is 2. The number of methoxy groups -OCH3 is 1.